The number of hydrogen-bond acceptors (Lipinski definition) is 3. The van der Waals surface area contributed by atoms with Gasteiger partial charge >= 0.3 is 0 Å². The summed E-state index contributed by atoms with van der Waals surface area (Å²) in [5.41, 5.74) is 2.21. The van der Waals surface area contributed by atoms with Crippen LogP contribution < -0.4 is 0 Å². The van der Waals surface area contributed by atoms with Crippen molar-refractivity contribution in [2.45, 2.75) is 25.0 Å². The highest BCUT2D eigenvalue weighted by atomic mass is 16.7. The SMILES string of the molecule is Oc1cccc2c1CC1(CC2)OCCO1. The minimum Gasteiger partial charge on any atom is -0.508 e. The molecule has 15 heavy (non-hydrogen) atoms. The molecule has 0 atom stereocenters. The molecule has 1 aromatic rings. The van der Waals surface area contributed by atoms with Gasteiger partial charge in [-0.2, -0.15) is 0 Å². The van der Waals surface area contributed by atoms with Gasteiger partial charge in [0, 0.05) is 18.4 Å². The minimum absolute atomic E-state index is 0.366. The molecule has 0 aromatic heterocycles. The van der Waals surface area contributed by atoms with Crippen LogP contribution in [0, 0.1) is 0 Å². The summed E-state index contributed by atoms with van der Waals surface area (Å²) in [5.74, 6) is -0.0862. The zero-order valence-corrected chi connectivity index (χ0v) is 8.53. The number of ether oxygens (including phenoxy) is 2. The van der Waals surface area contributed by atoms with Crippen molar-refractivity contribution in [3.8, 4) is 5.75 Å². The molecule has 0 radical (unpaired) electrons. The van der Waals surface area contributed by atoms with E-state index < -0.39 is 5.79 Å². The van der Waals surface area contributed by atoms with Gasteiger partial charge in [-0.15, -0.1) is 0 Å². The molecule has 0 amide bonds. The smallest absolute Gasteiger partial charge is 0.172 e. The summed E-state index contributed by atoms with van der Waals surface area (Å²) in [6.07, 6.45) is 2.49. The summed E-state index contributed by atoms with van der Waals surface area (Å²) in [4.78, 5) is 0. The van der Waals surface area contributed by atoms with Crippen LogP contribution in [-0.2, 0) is 22.3 Å². The third-order valence-corrected chi connectivity index (χ3v) is 3.28. The molecule has 1 spiro atoms. The number of rotatable bonds is 0. The Bertz CT molecular complexity index is 380. The molecule has 1 aliphatic carbocycles. The highest BCUT2D eigenvalue weighted by Gasteiger charge is 2.40. The predicted molar refractivity (Wildman–Crippen MR) is 54.8 cm³/mol. The van der Waals surface area contributed by atoms with Gasteiger partial charge in [-0.25, -0.2) is 0 Å². The van der Waals surface area contributed by atoms with E-state index in [-0.39, 0.29) is 0 Å². The summed E-state index contributed by atoms with van der Waals surface area (Å²) in [7, 11) is 0. The number of phenols is 1. The fourth-order valence-electron chi connectivity index (χ4n) is 2.49. The fourth-order valence-corrected chi connectivity index (χ4v) is 2.49. The van der Waals surface area contributed by atoms with Gasteiger partial charge in [-0.3, -0.25) is 0 Å². The van der Waals surface area contributed by atoms with Gasteiger partial charge in [0.15, 0.2) is 5.79 Å². The Hall–Kier alpha value is -1.06. The molecule has 1 N–H and O–H groups in total. The van der Waals surface area contributed by atoms with E-state index in [0.717, 1.165) is 18.4 Å². The van der Waals surface area contributed by atoms with E-state index in [0.29, 0.717) is 25.4 Å². The number of aryl methyl sites for hydroxylation is 1. The summed E-state index contributed by atoms with van der Waals surface area (Å²) < 4.78 is 11.3. The molecule has 1 aromatic carbocycles. The van der Waals surface area contributed by atoms with Crippen molar-refractivity contribution in [2.75, 3.05) is 13.2 Å². The van der Waals surface area contributed by atoms with E-state index in [4.69, 9.17) is 9.47 Å². The zero-order valence-electron chi connectivity index (χ0n) is 8.53. The lowest BCUT2D eigenvalue weighted by atomic mass is 9.87. The number of fused-ring (bicyclic) bond motifs is 1. The topological polar surface area (TPSA) is 38.7 Å². The Morgan fingerprint density at radius 2 is 2.00 bits per heavy atom. The Kier molecular flexibility index (Phi) is 1.97. The van der Waals surface area contributed by atoms with Gasteiger partial charge in [0.2, 0.25) is 0 Å². The maximum atomic E-state index is 9.79. The van der Waals surface area contributed by atoms with Crippen LogP contribution in [0.1, 0.15) is 17.5 Å². The molecule has 3 heteroatoms. The van der Waals surface area contributed by atoms with Crippen molar-refractivity contribution in [2.24, 2.45) is 0 Å². The maximum Gasteiger partial charge on any atom is 0.172 e. The van der Waals surface area contributed by atoms with Crippen LogP contribution in [-0.4, -0.2) is 24.1 Å². The zero-order chi connectivity index (χ0) is 10.3. The van der Waals surface area contributed by atoms with Gasteiger partial charge in [-0.1, -0.05) is 12.1 Å². The van der Waals surface area contributed by atoms with E-state index in [1.54, 1.807) is 6.07 Å². The van der Waals surface area contributed by atoms with Gasteiger partial charge in [0.1, 0.15) is 5.75 Å². The summed E-state index contributed by atoms with van der Waals surface area (Å²) in [6, 6.07) is 5.69. The van der Waals surface area contributed by atoms with Crippen LogP contribution in [0.25, 0.3) is 0 Å². The van der Waals surface area contributed by atoms with Crippen molar-refractivity contribution < 1.29 is 14.6 Å². The van der Waals surface area contributed by atoms with Crippen LogP contribution >= 0.6 is 0 Å². The average Bonchev–Trinajstić information content (AvgIpc) is 2.68. The number of hydrogen-bond donors (Lipinski definition) is 1. The Morgan fingerprint density at radius 3 is 2.80 bits per heavy atom. The molecule has 1 aliphatic heterocycles. The lowest BCUT2D eigenvalue weighted by Gasteiger charge is -2.33. The fraction of sp³-hybridized carbons (Fsp3) is 0.500. The molecular formula is C12H14O3. The van der Waals surface area contributed by atoms with E-state index >= 15 is 0 Å². The Labute approximate surface area is 88.6 Å². The molecule has 3 nitrogen and oxygen atoms in total. The molecule has 0 bridgehead atoms. The van der Waals surface area contributed by atoms with E-state index in [2.05, 4.69) is 6.07 Å². The standard InChI is InChI=1S/C12H14O3/c13-11-3-1-2-9-4-5-12(8-10(9)11)14-6-7-15-12/h1-3,13H,4-8H2. The molecule has 3 rings (SSSR count). The molecular weight excluding hydrogens is 192 g/mol. The normalized spacial score (nSPS) is 22.9. The van der Waals surface area contributed by atoms with Gasteiger partial charge < -0.3 is 14.6 Å². The largest absolute Gasteiger partial charge is 0.508 e. The number of aromatic hydroxyl groups is 1. The van der Waals surface area contributed by atoms with Crippen molar-refractivity contribution >= 4 is 0 Å². The third-order valence-electron chi connectivity index (χ3n) is 3.28. The maximum absolute atomic E-state index is 9.79. The van der Waals surface area contributed by atoms with E-state index in [1.807, 2.05) is 6.07 Å². The van der Waals surface area contributed by atoms with Crippen molar-refractivity contribution in [3.63, 3.8) is 0 Å². The summed E-state index contributed by atoms with van der Waals surface area (Å²) in [6.45, 7) is 1.34. The second-order valence-electron chi connectivity index (χ2n) is 4.20. The average molecular weight is 206 g/mol. The van der Waals surface area contributed by atoms with Crippen LogP contribution in [0.15, 0.2) is 18.2 Å². The van der Waals surface area contributed by atoms with Crippen LogP contribution in [0.4, 0.5) is 0 Å². The molecule has 1 heterocycles. The quantitative estimate of drug-likeness (QED) is 0.701. The Balaban J connectivity index is 1.98. The highest BCUT2D eigenvalue weighted by Crippen LogP contribution is 2.38. The third kappa shape index (κ3) is 1.43. The van der Waals surface area contributed by atoms with Crippen molar-refractivity contribution in [3.05, 3.63) is 29.3 Å². The molecule has 80 valence electrons. The van der Waals surface area contributed by atoms with E-state index in [1.165, 1.54) is 5.56 Å². The second-order valence-corrected chi connectivity index (χ2v) is 4.20. The summed E-state index contributed by atoms with van der Waals surface area (Å²) in [5, 5.41) is 9.79. The summed E-state index contributed by atoms with van der Waals surface area (Å²) >= 11 is 0. The van der Waals surface area contributed by atoms with Gasteiger partial charge in [0.05, 0.1) is 13.2 Å². The lowest BCUT2D eigenvalue weighted by molar-refractivity contribution is -0.164. The van der Waals surface area contributed by atoms with E-state index in [9.17, 15) is 5.11 Å². The second kappa shape index (κ2) is 3.22. The molecule has 1 fully saturated rings. The first kappa shape index (κ1) is 9.19. The van der Waals surface area contributed by atoms with Gasteiger partial charge in [-0.05, 0) is 18.1 Å². The minimum atomic E-state index is -0.453. The lowest BCUT2D eigenvalue weighted by Crippen LogP contribution is -2.36. The first-order chi connectivity index (χ1) is 7.29. The molecule has 1 saturated heterocycles. The van der Waals surface area contributed by atoms with Crippen LogP contribution in [0.3, 0.4) is 0 Å². The molecule has 2 aliphatic rings. The van der Waals surface area contributed by atoms with Gasteiger partial charge in [0.25, 0.3) is 0 Å². The monoisotopic (exact) mass is 206 g/mol. The first-order valence-electron chi connectivity index (χ1n) is 5.37. The van der Waals surface area contributed by atoms with Crippen molar-refractivity contribution in [1.29, 1.82) is 0 Å². The van der Waals surface area contributed by atoms with Crippen LogP contribution in [0.2, 0.25) is 0 Å². The first-order valence-corrected chi connectivity index (χ1v) is 5.37. The Morgan fingerprint density at radius 1 is 1.20 bits per heavy atom. The number of phenolic OH excluding ortho intramolecular Hbond substituents is 1. The van der Waals surface area contributed by atoms with Crippen molar-refractivity contribution in [1.82, 2.24) is 0 Å². The van der Waals surface area contributed by atoms with Crippen LogP contribution in [0.5, 0.6) is 5.75 Å². The molecule has 0 saturated carbocycles. The highest BCUT2D eigenvalue weighted by molar-refractivity contribution is 5.41. The molecule has 0 unspecified atom stereocenters. The number of benzene rings is 1. The predicted octanol–water partition coefficient (Wildman–Crippen LogP) is 1.62.